The third-order valence-corrected chi connectivity index (χ3v) is 5.04. The van der Waals surface area contributed by atoms with Gasteiger partial charge in [-0.3, -0.25) is 19.6 Å². The Labute approximate surface area is 160 Å². The second-order valence-electron chi connectivity index (χ2n) is 6.79. The lowest BCUT2D eigenvalue weighted by Gasteiger charge is -2.28. The van der Waals surface area contributed by atoms with Gasteiger partial charge in [0, 0.05) is 0 Å². The van der Waals surface area contributed by atoms with Gasteiger partial charge in [0.2, 0.25) is 5.75 Å². The first-order valence-corrected chi connectivity index (χ1v) is 9.08. The number of nitrogens with one attached hydrogen (secondary N) is 3. The molecule has 1 heterocycles. The Hall–Kier alpha value is -3.61. The van der Waals surface area contributed by atoms with Gasteiger partial charge in [-0.05, 0) is 41.5 Å². The van der Waals surface area contributed by atoms with E-state index in [-0.39, 0.29) is 6.04 Å². The molecule has 1 aliphatic rings. The van der Waals surface area contributed by atoms with Gasteiger partial charge in [-0.15, -0.1) is 0 Å². The van der Waals surface area contributed by atoms with E-state index in [4.69, 9.17) is 0 Å². The van der Waals surface area contributed by atoms with E-state index >= 15 is 0 Å². The SMILES string of the molecule is O=C(NC1CCCc2c(-c3ccccc3)cccc21)c1[nH]c(=O)[nH]c(=O)c1O. The molecule has 1 amide bonds. The van der Waals surface area contributed by atoms with Crippen molar-refractivity contribution in [2.24, 2.45) is 0 Å². The van der Waals surface area contributed by atoms with E-state index in [0.717, 1.165) is 36.0 Å². The van der Waals surface area contributed by atoms with Crippen molar-refractivity contribution >= 4 is 5.91 Å². The number of fused-ring (bicyclic) bond motifs is 1. The van der Waals surface area contributed by atoms with Gasteiger partial charge in [0.05, 0.1) is 6.04 Å². The highest BCUT2D eigenvalue weighted by molar-refractivity contribution is 5.94. The Balaban J connectivity index is 1.69. The predicted molar refractivity (Wildman–Crippen MR) is 104 cm³/mol. The van der Waals surface area contributed by atoms with Crippen molar-refractivity contribution in [3.05, 3.63) is 86.2 Å². The lowest BCUT2D eigenvalue weighted by atomic mass is 9.83. The molecule has 1 atom stereocenters. The molecule has 7 heteroatoms. The zero-order valence-electron chi connectivity index (χ0n) is 15.0. The van der Waals surface area contributed by atoms with Crippen LogP contribution >= 0.6 is 0 Å². The second-order valence-corrected chi connectivity index (χ2v) is 6.79. The van der Waals surface area contributed by atoms with Crippen LogP contribution in [0.15, 0.2) is 58.1 Å². The average Bonchev–Trinajstić information content (AvgIpc) is 2.71. The molecule has 1 aromatic heterocycles. The number of rotatable bonds is 3. The fourth-order valence-corrected chi connectivity index (χ4v) is 3.76. The minimum atomic E-state index is -0.996. The number of carbonyl (C=O) groups excluding carboxylic acids is 1. The van der Waals surface area contributed by atoms with E-state index in [1.807, 2.05) is 35.3 Å². The standard InChI is InChI=1S/C21H19N3O4/c25-18-17(23-21(28)24-20(18)27)19(26)22-16-11-5-9-14-13(8-4-10-15(14)16)12-6-2-1-3-7-12/h1-4,6-8,10,16,25H,5,9,11H2,(H,22,26)(H2,23,24,27,28). The first kappa shape index (κ1) is 17.8. The Morgan fingerprint density at radius 1 is 1.04 bits per heavy atom. The number of benzene rings is 2. The van der Waals surface area contributed by atoms with Gasteiger partial charge >= 0.3 is 5.69 Å². The van der Waals surface area contributed by atoms with E-state index in [1.165, 1.54) is 5.56 Å². The number of carbonyl (C=O) groups is 1. The van der Waals surface area contributed by atoms with Gasteiger partial charge in [0.1, 0.15) is 0 Å². The number of amides is 1. The average molecular weight is 377 g/mol. The molecule has 0 radical (unpaired) electrons. The van der Waals surface area contributed by atoms with Crippen LogP contribution in [0.5, 0.6) is 5.75 Å². The molecule has 28 heavy (non-hydrogen) atoms. The number of aromatic hydroxyl groups is 1. The summed E-state index contributed by atoms with van der Waals surface area (Å²) in [5.74, 6) is -1.49. The van der Waals surface area contributed by atoms with Crippen LogP contribution in [0.25, 0.3) is 11.1 Å². The van der Waals surface area contributed by atoms with Crippen molar-refractivity contribution in [1.29, 1.82) is 0 Å². The summed E-state index contributed by atoms with van der Waals surface area (Å²) in [6, 6.07) is 15.8. The summed E-state index contributed by atoms with van der Waals surface area (Å²) in [7, 11) is 0. The number of aromatic nitrogens is 2. The molecule has 0 aliphatic heterocycles. The molecule has 0 fully saturated rings. The van der Waals surface area contributed by atoms with E-state index in [1.54, 1.807) is 0 Å². The van der Waals surface area contributed by atoms with Crippen molar-refractivity contribution in [3.63, 3.8) is 0 Å². The Bertz CT molecular complexity index is 1150. The van der Waals surface area contributed by atoms with Crippen molar-refractivity contribution in [3.8, 4) is 16.9 Å². The first-order chi connectivity index (χ1) is 13.5. The van der Waals surface area contributed by atoms with Crippen LogP contribution in [0.2, 0.25) is 0 Å². The van der Waals surface area contributed by atoms with Crippen LogP contribution < -0.4 is 16.6 Å². The number of hydrogen-bond donors (Lipinski definition) is 4. The predicted octanol–water partition coefficient (Wildman–Crippen LogP) is 2.24. The maximum Gasteiger partial charge on any atom is 0.326 e. The summed E-state index contributed by atoms with van der Waals surface area (Å²) in [4.78, 5) is 39.7. The van der Waals surface area contributed by atoms with Crippen molar-refractivity contribution in [1.82, 2.24) is 15.3 Å². The first-order valence-electron chi connectivity index (χ1n) is 9.08. The summed E-state index contributed by atoms with van der Waals surface area (Å²) < 4.78 is 0. The number of hydrogen-bond acceptors (Lipinski definition) is 4. The minimum Gasteiger partial charge on any atom is -0.501 e. The van der Waals surface area contributed by atoms with Crippen molar-refractivity contribution in [2.45, 2.75) is 25.3 Å². The Morgan fingerprint density at radius 2 is 1.82 bits per heavy atom. The smallest absolute Gasteiger partial charge is 0.326 e. The largest absolute Gasteiger partial charge is 0.501 e. The van der Waals surface area contributed by atoms with Crippen LogP contribution in [0.4, 0.5) is 0 Å². The van der Waals surface area contributed by atoms with E-state index in [0.29, 0.717) is 0 Å². The van der Waals surface area contributed by atoms with Gasteiger partial charge in [0.15, 0.2) is 5.69 Å². The van der Waals surface area contributed by atoms with Gasteiger partial charge in [-0.1, -0.05) is 48.5 Å². The quantitative estimate of drug-likeness (QED) is 0.560. The summed E-state index contributed by atoms with van der Waals surface area (Å²) in [6.07, 6.45) is 2.52. The minimum absolute atomic E-state index is 0.276. The molecule has 4 N–H and O–H groups in total. The van der Waals surface area contributed by atoms with E-state index in [9.17, 15) is 19.5 Å². The molecule has 7 nitrogen and oxygen atoms in total. The molecule has 1 aliphatic carbocycles. The van der Waals surface area contributed by atoms with Crippen LogP contribution in [-0.2, 0) is 6.42 Å². The van der Waals surface area contributed by atoms with Crippen LogP contribution in [0.3, 0.4) is 0 Å². The van der Waals surface area contributed by atoms with Gasteiger partial charge in [-0.25, -0.2) is 4.79 Å². The molecule has 0 spiro atoms. The third-order valence-electron chi connectivity index (χ3n) is 5.04. The molecular weight excluding hydrogens is 358 g/mol. The highest BCUT2D eigenvalue weighted by Gasteiger charge is 2.26. The second kappa shape index (κ2) is 7.19. The molecule has 0 saturated carbocycles. The van der Waals surface area contributed by atoms with Crippen molar-refractivity contribution in [2.75, 3.05) is 0 Å². The fraction of sp³-hybridized carbons (Fsp3) is 0.190. The maximum atomic E-state index is 12.6. The zero-order valence-corrected chi connectivity index (χ0v) is 15.0. The highest BCUT2D eigenvalue weighted by atomic mass is 16.3. The third kappa shape index (κ3) is 3.22. The topological polar surface area (TPSA) is 115 Å². The van der Waals surface area contributed by atoms with Crippen molar-refractivity contribution < 1.29 is 9.90 Å². The highest BCUT2D eigenvalue weighted by Crippen LogP contribution is 2.36. The number of aromatic amines is 2. The molecular formula is C21H19N3O4. The monoisotopic (exact) mass is 377 g/mol. The lowest BCUT2D eigenvalue weighted by molar-refractivity contribution is 0.0923. The summed E-state index contributed by atoms with van der Waals surface area (Å²) in [5, 5.41) is 12.7. The molecule has 3 aromatic rings. The summed E-state index contributed by atoms with van der Waals surface area (Å²) >= 11 is 0. The lowest BCUT2D eigenvalue weighted by Crippen LogP contribution is -2.35. The van der Waals surface area contributed by atoms with Gasteiger partial charge in [0.25, 0.3) is 11.5 Å². The Morgan fingerprint density at radius 3 is 2.61 bits per heavy atom. The van der Waals surface area contributed by atoms with Crippen LogP contribution in [-0.4, -0.2) is 21.0 Å². The molecule has 4 rings (SSSR count). The zero-order chi connectivity index (χ0) is 19.7. The van der Waals surface area contributed by atoms with Gasteiger partial charge in [-0.2, -0.15) is 0 Å². The maximum absolute atomic E-state index is 12.6. The van der Waals surface area contributed by atoms with E-state index in [2.05, 4.69) is 28.5 Å². The summed E-state index contributed by atoms with van der Waals surface area (Å²) in [5.41, 5.74) is 2.15. The molecule has 0 saturated heterocycles. The van der Waals surface area contributed by atoms with Crippen LogP contribution in [0, 0.1) is 0 Å². The van der Waals surface area contributed by atoms with Gasteiger partial charge < -0.3 is 10.4 Å². The normalized spacial score (nSPS) is 15.6. The van der Waals surface area contributed by atoms with E-state index < -0.39 is 28.6 Å². The molecule has 2 aromatic carbocycles. The molecule has 0 bridgehead atoms. The molecule has 142 valence electrons. The fourth-order valence-electron chi connectivity index (χ4n) is 3.76. The summed E-state index contributed by atoms with van der Waals surface area (Å²) in [6.45, 7) is 0. The number of H-pyrrole nitrogens is 2. The Kier molecular flexibility index (Phi) is 4.57. The molecule has 1 unspecified atom stereocenters. The van der Waals surface area contributed by atoms with Crippen LogP contribution in [0.1, 0.15) is 40.5 Å².